The summed E-state index contributed by atoms with van der Waals surface area (Å²) >= 11 is 0. The van der Waals surface area contributed by atoms with Crippen LogP contribution in [0.3, 0.4) is 0 Å². The number of nitrogens with zero attached hydrogens (tertiary/aromatic N) is 3. The van der Waals surface area contributed by atoms with E-state index in [4.69, 9.17) is 4.74 Å². The standard InChI is InChI=1S/C23H31N3O2/c1-5-17-14-24-22(25-15-17)28-20-7-6-12-26(16-20)21(27)13-18-8-10-19(11-9-18)23(2,3)4/h8-11,14-15,20H,5-7,12-13,16H2,1-4H3. The third-order valence-corrected chi connectivity index (χ3v) is 5.27. The van der Waals surface area contributed by atoms with Crippen LogP contribution in [0.4, 0.5) is 0 Å². The Bertz CT molecular complexity index is 779. The predicted octanol–water partition coefficient (Wildman–Crippen LogP) is 3.95. The lowest BCUT2D eigenvalue weighted by Crippen LogP contribution is -2.45. The van der Waals surface area contributed by atoms with Crippen LogP contribution in [0.5, 0.6) is 6.01 Å². The summed E-state index contributed by atoms with van der Waals surface area (Å²) in [6.07, 6.45) is 6.75. The molecule has 0 bridgehead atoms. The Morgan fingerprint density at radius 2 is 1.82 bits per heavy atom. The number of amides is 1. The van der Waals surface area contributed by atoms with E-state index >= 15 is 0 Å². The fourth-order valence-corrected chi connectivity index (χ4v) is 3.41. The second-order valence-corrected chi connectivity index (χ2v) is 8.57. The summed E-state index contributed by atoms with van der Waals surface area (Å²) < 4.78 is 5.92. The van der Waals surface area contributed by atoms with Gasteiger partial charge in [0.1, 0.15) is 6.10 Å². The SMILES string of the molecule is CCc1cnc(OC2CCCN(C(=O)Cc3ccc(C(C)(C)C)cc3)C2)nc1. The molecule has 0 radical (unpaired) electrons. The van der Waals surface area contributed by atoms with Crippen LogP contribution < -0.4 is 4.74 Å². The number of carbonyl (C=O) groups is 1. The van der Waals surface area contributed by atoms with Crippen LogP contribution >= 0.6 is 0 Å². The molecular formula is C23H31N3O2. The maximum Gasteiger partial charge on any atom is 0.316 e. The molecule has 150 valence electrons. The largest absolute Gasteiger partial charge is 0.458 e. The maximum atomic E-state index is 12.8. The fraction of sp³-hybridized carbons (Fsp3) is 0.522. The van der Waals surface area contributed by atoms with Gasteiger partial charge in [0.15, 0.2) is 0 Å². The number of rotatable bonds is 5. The van der Waals surface area contributed by atoms with Crippen LogP contribution in [0.2, 0.25) is 0 Å². The van der Waals surface area contributed by atoms with E-state index in [1.807, 2.05) is 4.90 Å². The number of likely N-dealkylation sites (tertiary alicyclic amines) is 1. The first kappa shape index (κ1) is 20.3. The molecule has 0 spiro atoms. The Labute approximate surface area is 168 Å². The van der Waals surface area contributed by atoms with Crippen molar-refractivity contribution < 1.29 is 9.53 Å². The van der Waals surface area contributed by atoms with Gasteiger partial charge in [0.05, 0.1) is 13.0 Å². The molecule has 1 amide bonds. The van der Waals surface area contributed by atoms with E-state index in [2.05, 4.69) is 61.9 Å². The molecule has 1 aromatic carbocycles. The summed E-state index contributed by atoms with van der Waals surface area (Å²) in [6.45, 7) is 10.0. The Hall–Kier alpha value is -2.43. The fourth-order valence-electron chi connectivity index (χ4n) is 3.41. The van der Waals surface area contributed by atoms with Crippen molar-refractivity contribution >= 4 is 5.91 Å². The molecule has 0 aliphatic carbocycles. The maximum absolute atomic E-state index is 12.8. The number of hydrogen-bond donors (Lipinski definition) is 0. The summed E-state index contributed by atoms with van der Waals surface area (Å²) in [5.41, 5.74) is 3.55. The Morgan fingerprint density at radius 3 is 2.43 bits per heavy atom. The van der Waals surface area contributed by atoms with Crippen molar-refractivity contribution in [3.63, 3.8) is 0 Å². The van der Waals surface area contributed by atoms with Crippen LogP contribution in [0, 0.1) is 0 Å². The van der Waals surface area contributed by atoms with E-state index < -0.39 is 0 Å². The lowest BCUT2D eigenvalue weighted by molar-refractivity contribution is -0.133. The molecule has 1 aliphatic heterocycles. The van der Waals surface area contributed by atoms with Crippen molar-refractivity contribution in [2.75, 3.05) is 13.1 Å². The number of aryl methyl sites for hydroxylation is 1. The quantitative estimate of drug-likeness (QED) is 0.787. The molecular weight excluding hydrogens is 350 g/mol. The average molecular weight is 382 g/mol. The number of hydrogen-bond acceptors (Lipinski definition) is 4. The van der Waals surface area contributed by atoms with Gasteiger partial charge in [0.2, 0.25) is 5.91 Å². The summed E-state index contributed by atoms with van der Waals surface area (Å²) in [7, 11) is 0. The molecule has 2 heterocycles. The van der Waals surface area contributed by atoms with E-state index in [0.717, 1.165) is 36.9 Å². The van der Waals surface area contributed by atoms with Gasteiger partial charge in [-0.25, -0.2) is 9.97 Å². The molecule has 5 heteroatoms. The minimum atomic E-state index is -0.0477. The Morgan fingerprint density at radius 1 is 1.14 bits per heavy atom. The van der Waals surface area contributed by atoms with Crippen LogP contribution in [0.1, 0.15) is 57.2 Å². The summed E-state index contributed by atoms with van der Waals surface area (Å²) in [6, 6.07) is 8.79. The molecule has 1 fully saturated rings. The summed E-state index contributed by atoms with van der Waals surface area (Å²) in [5, 5.41) is 0. The lowest BCUT2D eigenvalue weighted by Gasteiger charge is -2.32. The van der Waals surface area contributed by atoms with Gasteiger partial charge in [0.25, 0.3) is 0 Å². The minimum Gasteiger partial charge on any atom is -0.458 e. The van der Waals surface area contributed by atoms with Crippen molar-refractivity contribution in [3.8, 4) is 6.01 Å². The zero-order valence-corrected chi connectivity index (χ0v) is 17.4. The molecule has 5 nitrogen and oxygen atoms in total. The second-order valence-electron chi connectivity index (χ2n) is 8.57. The monoisotopic (exact) mass is 381 g/mol. The number of ether oxygens (including phenoxy) is 1. The second kappa shape index (κ2) is 8.72. The first-order valence-corrected chi connectivity index (χ1v) is 10.2. The number of benzene rings is 1. The number of carbonyl (C=O) groups excluding carboxylic acids is 1. The molecule has 1 aromatic heterocycles. The molecule has 1 saturated heterocycles. The van der Waals surface area contributed by atoms with Crippen LogP contribution in [0.15, 0.2) is 36.7 Å². The van der Waals surface area contributed by atoms with Gasteiger partial charge in [-0.15, -0.1) is 0 Å². The van der Waals surface area contributed by atoms with Gasteiger partial charge in [-0.2, -0.15) is 0 Å². The lowest BCUT2D eigenvalue weighted by atomic mass is 9.86. The summed E-state index contributed by atoms with van der Waals surface area (Å²) in [4.78, 5) is 23.2. The van der Waals surface area contributed by atoms with E-state index in [-0.39, 0.29) is 17.4 Å². The molecule has 1 aliphatic rings. The molecule has 0 N–H and O–H groups in total. The molecule has 1 unspecified atom stereocenters. The average Bonchev–Trinajstić information content (AvgIpc) is 2.68. The first-order valence-electron chi connectivity index (χ1n) is 10.2. The Kier molecular flexibility index (Phi) is 6.32. The number of piperidine rings is 1. The van der Waals surface area contributed by atoms with Gasteiger partial charge in [-0.1, -0.05) is 52.0 Å². The Balaban J connectivity index is 1.56. The van der Waals surface area contributed by atoms with E-state index in [0.29, 0.717) is 19.0 Å². The van der Waals surface area contributed by atoms with Crippen molar-refractivity contribution in [2.24, 2.45) is 0 Å². The molecule has 28 heavy (non-hydrogen) atoms. The number of aromatic nitrogens is 2. The van der Waals surface area contributed by atoms with Gasteiger partial charge < -0.3 is 9.64 Å². The highest BCUT2D eigenvalue weighted by Crippen LogP contribution is 2.23. The molecule has 2 aromatic rings. The van der Waals surface area contributed by atoms with Gasteiger partial charge in [0, 0.05) is 18.9 Å². The minimum absolute atomic E-state index is 0.0477. The molecule has 0 saturated carbocycles. The first-order chi connectivity index (χ1) is 13.3. The van der Waals surface area contributed by atoms with Crippen molar-refractivity contribution in [1.82, 2.24) is 14.9 Å². The zero-order chi connectivity index (χ0) is 20.1. The zero-order valence-electron chi connectivity index (χ0n) is 17.4. The third kappa shape index (κ3) is 5.31. The van der Waals surface area contributed by atoms with E-state index in [9.17, 15) is 4.79 Å². The van der Waals surface area contributed by atoms with Crippen LogP contribution in [-0.4, -0.2) is 40.0 Å². The predicted molar refractivity (Wildman–Crippen MR) is 110 cm³/mol. The summed E-state index contributed by atoms with van der Waals surface area (Å²) in [5.74, 6) is 0.152. The normalized spacial score (nSPS) is 17.4. The van der Waals surface area contributed by atoms with Crippen molar-refractivity contribution in [3.05, 3.63) is 53.3 Å². The van der Waals surface area contributed by atoms with Crippen molar-refractivity contribution in [1.29, 1.82) is 0 Å². The van der Waals surface area contributed by atoms with Gasteiger partial charge in [-0.05, 0) is 41.4 Å². The smallest absolute Gasteiger partial charge is 0.316 e. The van der Waals surface area contributed by atoms with Crippen LogP contribution in [0.25, 0.3) is 0 Å². The van der Waals surface area contributed by atoms with Crippen molar-refractivity contribution in [2.45, 2.75) is 64.9 Å². The van der Waals surface area contributed by atoms with E-state index in [1.54, 1.807) is 12.4 Å². The highest BCUT2D eigenvalue weighted by Gasteiger charge is 2.25. The third-order valence-electron chi connectivity index (χ3n) is 5.27. The highest BCUT2D eigenvalue weighted by atomic mass is 16.5. The van der Waals surface area contributed by atoms with E-state index in [1.165, 1.54) is 5.56 Å². The highest BCUT2D eigenvalue weighted by molar-refractivity contribution is 5.79. The van der Waals surface area contributed by atoms with Gasteiger partial charge >= 0.3 is 6.01 Å². The van der Waals surface area contributed by atoms with Crippen LogP contribution in [-0.2, 0) is 23.1 Å². The molecule has 3 rings (SSSR count). The van der Waals surface area contributed by atoms with Gasteiger partial charge in [-0.3, -0.25) is 4.79 Å². The molecule has 1 atom stereocenters. The topological polar surface area (TPSA) is 55.3 Å².